The van der Waals surface area contributed by atoms with Crippen LogP contribution in [0.25, 0.3) is 0 Å². The Kier molecular flexibility index (Phi) is 31.8. The largest absolute Gasteiger partial charge is 0.465 e. The van der Waals surface area contributed by atoms with Crippen LogP contribution in [0, 0.1) is 47.9 Å². The highest BCUT2D eigenvalue weighted by Crippen LogP contribution is 2.31. The van der Waals surface area contributed by atoms with E-state index in [4.69, 9.17) is 90.3 Å². The van der Waals surface area contributed by atoms with Gasteiger partial charge in [-0.05, 0) is 48.0 Å². The summed E-state index contributed by atoms with van der Waals surface area (Å²) in [6.07, 6.45) is 10.5. The lowest BCUT2D eigenvalue weighted by Crippen LogP contribution is -2.63. The van der Waals surface area contributed by atoms with Crippen LogP contribution in [0.5, 0.6) is 0 Å². The molecule has 30 heteroatoms. The summed E-state index contributed by atoms with van der Waals surface area (Å²) in [5, 5.41) is 8.08. The van der Waals surface area contributed by atoms with Gasteiger partial charge in [0, 0.05) is 25.8 Å². The van der Waals surface area contributed by atoms with Gasteiger partial charge >= 0.3 is 53.7 Å². The number of carbonyl (C=O) groups is 12. The Morgan fingerprint density at radius 1 is 0.374 bits per heavy atom. The van der Waals surface area contributed by atoms with E-state index in [9.17, 15) is 57.5 Å². The van der Waals surface area contributed by atoms with Crippen LogP contribution in [0.3, 0.4) is 0 Å². The molecule has 0 bridgehead atoms. The molecule has 0 aliphatic carbocycles. The Morgan fingerprint density at radius 3 is 0.945 bits per heavy atom. The van der Waals surface area contributed by atoms with E-state index in [-0.39, 0.29) is 118 Å². The highest BCUT2D eigenvalue weighted by atomic mass is 16.7. The van der Waals surface area contributed by atoms with Gasteiger partial charge in [0.05, 0.1) is 108 Å². The zero-order valence-corrected chi connectivity index (χ0v) is 52.8. The number of hydrogen-bond donors (Lipinski definition) is 3. The normalized spacial score (nSPS) is 17.1. The van der Waals surface area contributed by atoms with Crippen molar-refractivity contribution in [3.05, 3.63) is 0 Å². The second kappa shape index (κ2) is 37.4. The smallest absolute Gasteiger partial charge is 0.307 e. The van der Waals surface area contributed by atoms with E-state index in [1.807, 2.05) is 0 Å². The molecule has 3 aliphatic heterocycles. The van der Waals surface area contributed by atoms with Crippen molar-refractivity contribution in [2.75, 3.05) is 106 Å². The summed E-state index contributed by atoms with van der Waals surface area (Å²) in [5.41, 5.74) is -5.33. The summed E-state index contributed by atoms with van der Waals surface area (Å²) in [4.78, 5) is 153. The number of esters is 9. The van der Waals surface area contributed by atoms with Gasteiger partial charge < -0.3 is 87.0 Å². The predicted molar refractivity (Wildman–Crippen MR) is 308 cm³/mol. The number of ether oxygens (including phenoxy) is 15. The van der Waals surface area contributed by atoms with Crippen molar-refractivity contribution < 1.29 is 129 Å². The zero-order valence-electron chi connectivity index (χ0n) is 52.8. The molecule has 3 fully saturated rings. The van der Waals surface area contributed by atoms with Crippen molar-refractivity contribution in [1.29, 1.82) is 0 Å². The molecule has 0 atom stereocenters. The van der Waals surface area contributed by atoms with E-state index < -0.39 is 182 Å². The third-order valence-electron chi connectivity index (χ3n) is 13.8. The molecule has 0 unspecified atom stereocenters. The minimum atomic E-state index is -1.47. The van der Waals surface area contributed by atoms with Crippen LogP contribution in [0.1, 0.15) is 132 Å². The van der Waals surface area contributed by atoms with Gasteiger partial charge in [-0.3, -0.25) is 57.5 Å². The average molecular weight is 1290 g/mol. The fraction of sp³-hybridized carbons (Fsp3) is 0.705. The number of carbonyl (C=O) groups excluding carboxylic acids is 12. The summed E-state index contributed by atoms with van der Waals surface area (Å²) in [5.74, 6) is -5.90. The lowest BCUT2D eigenvalue weighted by atomic mass is 9.88. The second-order valence-corrected chi connectivity index (χ2v) is 23.3. The summed E-state index contributed by atoms with van der Waals surface area (Å²) in [7, 11) is 0. The standard InChI is InChI=1S/C61H85N3O27/c1-11-27-77-46(68)18-15-43(65)62-30-59(35-86-55(5,6)87-36-59)34-83-52(74)22-21-49(71)80-31-58(14-4,32-81-50(72)23-25-53(75)84-37-60(39-88-56(7,8)89-40-60)63-44(66)16-19-47(69)78-28-12-2)33-82-51(73)24-26-54(76)85-38-61(41-90-57(9,10)91-42-61)64-45(67)17-20-48(70)79-29-13-3/h1-3H,14-42H2,4-10H3,(H,62,65)(H,63,66)(H,64,67). The van der Waals surface area contributed by atoms with Gasteiger partial charge in [0.1, 0.15) is 50.7 Å². The molecule has 0 saturated carbocycles. The first-order valence-electron chi connectivity index (χ1n) is 29.3. The van der Waals surface area contributed by atoms with Crippen molar-refractivity contribution in [2.45, 2.75) is 160 Å². The van der Waals surface area contributed by atoms with Gasteiger partial charge in [0.2, 0.25) is 17.7 Å². The van der Waals surface area contributed by atoms with Crippen LogP contribution in [0.2, 0.25) is 0 Å². The minimum absolute atomic E-state index is 0.0173. The molecule has 3 amide bonds. The molecular weight excluding hydrogens is 1210 g/mol. The first kappa shape index (κ1) is 77.3. The maximum absolute atomic E-state index is 13.3. The van der Waals surface area contributed by atoms with E-state index in [1.54, 1.807) is 48.5 Å². The number of hydrogen-bond acceptors (Lipinski definition) is 27. The summed E-state index contributed by atoms with van der Waals surface area (Å²) in [6, 6.07) is 0. The number of amides is 3. The van der Waals surface area contributed by atoms with Crippen molar-refractivity contribution >= 4 is 71.4 Å². The maximum atomic E-state index is 13.3. The molecule has 3 aliphatic rings. The van der Waals surface area contributed by atoms with Crippen LogP contribution in [0.4, 0.5) is 0 Å². The predicted octanol–water partition coefficient (Wildman–Crippen LogP) is 1.01. The highest BCUT2D eigenvalue weighted by molar-refractivity contribution is 5.84. The van der Waals surface area contributed by atoms with Gasteiger partial charge in [0.25, 0.3) is 0 Å². The van der Waals surface area contributed by atoms with Gasteiger partial charge in [-0.15, -0.1) is 19.3 Å². The second-order valence-electron chi connectivity index (χ2n) is 23.3. The maximum Gasteiger partial charge on any atom is 0.307 e. The van der Waals surface area contributed by atoms with Gasteiger partial charge in [-0.2, -0.15) is 0 Å². The zero-order chi connectivity index (χ0) is 67.8. The summed E-state index contributed by atoms with van der Waals surface area (Å²) >= 11 is 0. The molecule has 506 valence electrons. The average Bonchev–Trinajstić information content (AvgIpc) is 1.06. The van der Waals surface area contributed by atoms with Crippen molar-refractivity contribution in [1.82, 2.24) is 16.0 Å². The van der Waals surface area contributed by atoms with Crippen LogP contribution < -0.4 is 16.0 Å². The number of nitrogens with one attached hydrogen (secondary N) is 3. The van der Waals surface area contributed by atoms with E-state index in [0.29, 0.717) is 0 Å². The van der Waals surface area contributed by atoms with E-state index in [0.717, 1.165) is 0 Å². The third kappa shape index (κ3) is 30.6. The van der Waals surface area contributed by atoms with Crippen molar-refractivity contribution in [2.24, 2.45) is 10.8 Å². The summed E-state index contributed by atoms with van der Waals surface area (Å²) in [6.45, 7) is 6.98. The lowest BCUT2D eigenvalue weighted by Gasteiger charge is -2.43. The molecule has 0 radical (unpaired) electrons. The lowest BCUT2D eigenvalue weighted by molar-refractivity contribution is -0.289. The molecule has 3 rings (SSSR count). The van der Waals surface area contributed by atoms with E-state index >= 15 is 0 Å². The molecule has 91 heavy (non-hydrogen) atoms. The Labute approximate surface area is 528 Å². The molecular formula is C61H85N3O27. The Bertz CT molecular complexity index is 2530. The highest BCUT2D eigenvalue weighted by Gasteiger charge is 2.45. The fourth-order valence-corrected chi connectivity index (χ4v) is 7.94. The Hall–Kier alpha value is -7.92. The fourth-order valence-electron chi connectivity index (χ4n) is 7.94. The Morgan fingerprint density at radius 2 is 0.637 bits per heavy atom. The SMILES string of the molecule is C#CCOC(=O)CCC(=O)NCC1(COC(=O)CCC(=O)OCC(CC)(COC(=O)CCC(=O)OCC2(NC(=O)CCC(=O)OCC#C)COC(C)(C)OC2)COC(=O)CCC(=O)OCC2(NC(=O)CCC(=O)OCC#C)COC(C)(C)OC2)COC(C)(C)OC1. The molecule has 0 aromatic carbocycles. The van der Waals surface area contributed by atoms with Gasteiger partial charge in [-0.25, -0.2) is 0 Å². The monoisotopic (exact) mass is 1290 g/mol. The van der Waals surface area contributed by atoms with E-state index in [1.165, 1.54) is 0 Å². The molecule has 0 spiro atoms. The quantitative estimate of drug-likeness (QED) is 0.0441. The summed E-state index contributed by atoms with van der Waals surface area (Å²) < 4.78 is 82.1. The molecule has 3 N–H and O–H groups in total. The third-order valence-corrected chi connectivity index (χ3v) is 13.8. The minimum Gasteiger partial charge on any atom is -0.465 e. The molecule has 0 aromatic heterocycles. The molecule has 3 saturated heterocycles. The molecule has 0 aromatic rings. The van der Waals surface area contributed by atoms with Gasteiger partial charge in [-0.1, -0.05) is 24.7 Å². The van der Waals surface area contributed by atoms with Crippen LogP contribution in [-0.2, 0) is 129 Å². The Balaban J connectivity index is 1.67. The first-order chi connectivity index (χ1) is 42.8. The van der Waals surface area contributed by atoms with Crippen molar-refractivity contribution in [3.63, 3.8) is 0 Å². The van der Waals surface area contributed by atoms with Gasteiger partial charge in [0.15, 0.2) is 37.2 Å². The van der Waals surface area contributed by atoms with Crippen LogP contribution in [-0.4, -0.2) is 206 Å². The van der Waals surface area contributed by atoms with Crippen molar-refractivity contribution in [3.8, 4) is 37.0 Å². The van der Waals surface area contributed by atoms with E-state index in [2.05, 4.69) is 33.7 Å². The topological polar surface area (TPSA) is 379 Å². The number of terminal acetylenes is 3. The molecule has 30 nitrogen and oxygen atoms in total. The molecule has 3 heterocycles. The number of rotatable bonds is 38. The van der Waals surface area contributed by atoms with Crippen LogP contribution >= 0.6 is 0 Å². The first-order valence-corrected chi connectivity index (χ1v) is 29.3. The van der Waals surface area contributed by atoms with Crippen LogP contribution in [0.15, 0.2) is 0 Å².